The molecule has 5 nitrogen and oxygen atoms in total. The van der Waals surface area contributed by atoms with Crippen molar-refractivity contribution in [1.82, 2.24) is 10.2 Å². The molecule has 1 aliphatic rings. The molecule has 2 amide bonds. The van der Waals surface area contributed by atoms with Crippen molar-refractivity contribution in [2.75, 3.05) is 19.7 Å². The fourth-order valence-corrected chi connectivity index (χ4v) is 2.65. The van der Waals surface area contributed by atoms with Gasteiger partial charge in [-0.3, -0.25) is 9.59 Å². The van der Waals surface area contributed by atoms with Crippen LogP contribution < -0.4 is 5.32 Å². The van der Waals surface area contributed by atoms with Crippen molar-refractivity contribution in [3.8, 4) is 0 Å². The zero-order valence-corrected chi connectivity index (χ0v) is 12.2. The van der Waals surface area contributed by atoms with E-state index in [0.29, 0.717) is 0 Å². The summed E-state index contributed by atoms with van der Waals surface area (Å²) in [6, 6.07) is 3.45. The van der Waals surface area contributed by atoms with Crippen LogP contribution in [-0.2, 0) is 4.79 Å². The van der Waals surface area contributed by atoms with Crippen LogP contribution in [-0.4, -0.2) is 47.6 Å². The van der Waals surface area contributed by atoms with Gasteiger partial charge in [0.2, 0.25) is 5.91 Å². The molecule has 2 N–H and O–H groups in total. The highest BCUT2D eigenvalue weighted by Gasteiger charge is 2.36. The number of nitrogens with zero attached hydrogens (tertiary/aromatic N) is 1. The van der Waals surface area contributed by atoms with Crippen LogP contribution in [0.1, 0.15) is 17.3 Å². The number of likely N-dealkylation sites (tertiary alicyclic amines) is 1. The van der Waals surface area contributed by atoms with Gasteiger partial charge in [0, 0.05) is 37.6 Å². The van der Waals surface area contributed by atoms with E-state index in [1.807, 2.05) is 0 Å². The number of aliphatic hydroxyl groups is 1. The molecule has 2 rings (SSSR count). The normalized spacial score (nSPS) is 21.4. The number of amides is 2. The Morgan fingerprint density at radius 1 is 1.48 bits per heavy atom. The van der Waals surface area contributed by atoms with Crippen molar-refractivity contribution in [2.24, 2.45) is 5.92 Å². The number of rotatable bonds is 3. The molecule has 0 aliphatic carbocycles. The third kappa shape index (κ3) is 3.51. The van der Waals surface area contributed by atoms with Crippen LogP contribution in [0, 0.1) is 11.7 Å². The second kappa shape index (κ2) is 6.41. The molecule has 0 unspecified atom stereocenters. The third-order valence-electron chi connectivity index (χ3n) is 3.51. The van der Waals surface area contributed by atoms with Gasteiger partial charge in [-0.05, 0) is 18.2 Å². The van der Waals surface area contributed by atoms with Gasteiger partial charge in [-0.1, -0.05) is 11.6 Å². The van der Waals surface area contributed by atoms with Gasteiger partial charge in [-0.2, -0.15) is 0 Å². The summed E-state index contributed by atoms with van der Waals surface area (Å²) in [5.41, 5.74) is -0.109. The maximum atomic E-state index is 13.7. The summed E-state index contributed by atoms with van der Waals surface area (Å²) in [5.74, 6) is -1.64. The van der Waals surface area contributed by atoms with Gasteiger partial charge in [0.05, 0.1) is 11.6 Å². The van der Waals surface area contributed by atoms with Crippen molar-refractivity contribution >= 4 is 23.4 Å². The Morgan fingerprint density at radius 2 is 2.19 bits per heavy atom. The van der Waals surface area contributed by atoms with Crippen molar-refractivity contribution in [2.45, 2.75) is 13.0 Å². The average Bonchev–Trinajstić information content (AvgIpc) is 2.83. The number of hydrogen-bond donors (Lipinski definition) is 2. The van der Waals surface area contributed by atoms with Gasteiger partial charge in [-0.15, -0.1) is 0 Å². The lowest BCUT2D eigenvalue weighted by molar-refractivity contribution is -0.119. The smallest absolute Gasteiger partial charge is 0.256 e. The first-order chi connectivity index (χ1) is 9.92. The number of carbonyl (C=O) groups excluding carboxylic acids is 2. The quantitative estimate of drug-likeness (QED) is 0.876. The minimum Gasteiger partial charge on any atom is -0.396 e. The molecule has 0 spiro atoms. The van der Waals surface area contributed by atoms with Crippen LogP contribution in [0.3, 0.4) is 0 Å². The highest BCUT2D eigenvalue weighted by atomic mass is 35.5. The standard InChI is InChI=1S/C14H16ClFN2O3/c1-8(20)17-13-6-18(5-9(13)7-19)14(21)11-4-10(15)2-3-12(11)16/h2-4,9,13,19H,5-7H2,1H3,(H,17,20)/t9-,13+/m0/s1. The molecule has 1 heterocycles. The van der Waals surface area contributed by atoms with Crippen molar-refractivity contribution < 1.29 is 19.1 Å². The largest absolute Gasteiger partial charge is 0.396 e. The highest BCUT2D eigenvalue weighted by Crippen LogP contribution is 2.22. The van der Waals surface area contributed by atoms with Crippen molar-refractivity contribution in [3.63, 3.8) is 0 Å². The van der Waals surface area contributed by atoms with E-state index in [0.717, 1.165) is 6.07 Å². The molecule has 1 aromatic carbocycles. The Bertz CT molecular complexity index is 567. The summed E-state index contributed by atoms with van der Waals surface area (Å²) in [7, 11) is 0. The molecule has 1 fully saturated rings. The molecule has 7 heteroatoms. The molecule has 0 radical (unpaired) electrons. The molecule has 21 heavy (non-hydrogen) atoms. The van der Waals surface area contributed by atoms with Crippen molar-refractivity contribution in [1.29, 1.82) is 0 Å². The van der Waals surface area contributed by atoms with E-state index in [2.05, 4.69) is 5.32 Å². The van der Waals surface area contributed by atoms with Crippen LogP contribution in [0.4, 0.5) is 4.39 Å². The van der Waals surface area contributed by atoms with Gasteiger partial charge in [0.15, 0.2) is 0 Å². The van der Waals surface area contributed by atoms with Crippen LogP contribution >= 0.6 is 11.6 Å². The molecule has 0 aromatic heterocycles. The molecular weight excluding hydrogens is 299 g/mol. The van der Waals surface area contributed by atoms with Gasteiger partial charge < -0.3 is 15.3 Å². The predicted molar refractivity (Wildman–Crippen MR) is 75.5 cm³/mol. The Hall–Kier alpha value is -1.66. The zero-order chi connectivity index (χ0) is 15.6. The lowest BCUT2D eigenvalue weighted by Gasteiger charge is -2.17. The lowest BCUT2D eigenvalue weighted by Crippen LogP contribution is -2.40. The van der Waals surface area contributed by atoms with Crippen LogP contribution in [0.15, 0.2) is 18.2 Å². The number of benzene rings is 1. The Labute approximate surface area is 126 Å². The van der Waals surface area contributed by atoms with Crippen molar-refractivity contribution in [3.05, 3.63) is 34.6 Å². The van der Waals surface area contributed by atoms with E-state index in [-0.39, 0.29) is 48.1 Å². The molecular formula is C14H16ClFN2O3. The number of halogens is 2. The van der Waals surface area contributed by atoms with Crippen LogP contribution in [0.2, 0.25) is 5.02 Å². The number of hydrogen-bond acceptors (Lipinski definition) is 3. The predicted octanol–water partition coefficient (Wildman–Crippen LogP) is 1.05. The molecule has 1 saturated heterocycles. The van der Waals surface area contributed by atoms with Gasteiger partial charge in [-0.25, -0.2) is 4.39 Å². The number of carbonyl (C=O) groups is 2. The first-order valence-electron chi connectivity index (χ1n) is 6.54. The minimum absolute atomic E-state index is 0.109. The summed E-state index contributed by atoms with van der Waals surface area (Å²) in [5, 5.41) is 12.3. The topological polar surface area (TPSA) is 69.6 Å². The maximum absolute atomic E-state index is 13.7. The molecule has 1 aromatic rings. The molecule has 0 saturated carbocycles. The van der Waals surface area contributed by atoms with E-state index in [4.69, 9.17) is 11.6 Å². The van der Waals surface area contributed by atoms with E-state index in [9.17, 15) is 19.1 Å². The molecule has 1 aliphatic heterocycles. The fourth-order valence-electron chi connectivity index (χ4n) is 2.48. The summed E-state index contributed by atoms with van der Waals surface area (Å²) in [4.78, 5) is 24.9. The molecule has 0 bridgehead atoms. The third-order valence-corrected chi connectivity index (χ3v) is 3.75. The second-order valence-corrected chi connectivity index (χ2v) is 5.52. The van der Waals surface area contributed by atoms with E-state index < -0.39 is 11.7 Å². The summed E-state index contributed by atoms with van der Waals surface area (Å²) in [6.07, 6.45) is 0. The second-order valence-electron chi connectivity index (χ2n) is 5.08. The Balaban J connectivity index is 2.17. The summed E-state index contributed by atoms with van der Waals surface area (Å²) >= 11 is 5.79. The first kappa shape index (κ1) is 15.7. The lowest BCUT2D eigenvalue weighted by atomic mass is 10.1. The van der Waals surface area contributed by atoms with Gasteiger partial charge in [0.1, 0.15) is 5.82 Å². The Morgan fingerprint density at radius 3 is 2.81 bits per heavy atom. The SMILES string of the molecule is CC(=O)N[C@@H]1CN(C(=O)c2cc(Cl)ccc2F)C[C@H]1CO. The molecule has 2 atom stereocenters. The average molecular weight is 315 g/mol. The van der Waals surface area contributed by atoms with Gasteiger partial charge >= 0.3 is 0 Å². The summed E-state index contributed by atoms with van der Waals surface area (Å²) in [6.45, 7) is 1.70. The van der Waals surface area contributed by atoms with E-state index >= 15 is 0 Å². The van der Waals surface area contributed by atoms with Crippen LogP contribution in [0.25, 0.3) is 0 Å². The maximum Gasteiger partial charge on any atom is 0.256 e. The first-order valence-corrected chi connectivity index (χ1v) is 6.92. The highest BCUT2D eigenvalue weighted by molar-refractivity contribution is 6.31. The minimum atomic E-state index is -0.645. The van der Waals surface area contributed by atoms with Gasteiger partial charge in [0.25, 0.3) is 5.91 Å². The number of aliphatic hydroxyl groups excluding tert-OH is 1. The molecule has 114 valence electrons. The Kier molecular flexibility index (Phi) is 4.80. The van der Waals surface area contributed by atoms with E-state index in [1.54, 1.807) is 0 Å². The monoisotopic (exact) mass is 314 g/mol. The summed E-state index contributed by atoms with van der Waals surface area (Å²) < 4.78 is 13.7. The van der Waals surface area contributed by atoms with Crippen LogP contribution in [0.5, 0.6) is 0 Å². The number of nitrogens with one attached hydrogen (secondary N) is 1. The van der Waals surface area contributed by atoms with E-state index in [1.165, 1.54) is 24.0 Å². The fraction of sp³-hybridized carbons (Fsp3) is 0.429. The zero-order valence-electron chi connectivity index (χ0n) is 11.5.